The summed E-state index contributed by atoms with van der Waals surface area (Å²) in [6.45, 7) is 1.51. The number of anilines is 2. The van der Waals surface area contributed by atoms with Gasteiger partial charge in [-0.3, -0.25) is 4.79 Å². The van der Waals surface area contributed by atoms with Crippen molar-refractivity contribution in [2.24, 2.45) is 0 Å². The van der Waals surface area contributed by atoms with Crippen LogP contribution < -0.4 is 19.7 Å². The molecular formula is C22H21F2N3O3S. The van der Waals surface area contributed by atoms with Gasteiger partial charge >= 0.3 is 0 Å². The van der Waals surface area contributed by atoms with E-state index in [-0.39, 0.29) is 23.5 Å². The molecule has 0 atom stereocenters. The molecule has 1 N–H and O–H groups in total. The van der Waals surface area contributed by atoms with Gasteiger partial charge in [0.15, 0.2) is 23.1 Å². The summed E-state index contributed by atoms with van der Waals surface area (Å²) in [5.74, 6) is -1.08. The first kappa shape index (κ1) is 21.0. The van der Waals surface area contributed by atoms with Crippen molar-refractivity contribution in [3.05, 3.63) is 64.1 Å². The highest BCUT2D eigenvalue weighted by Gasteiger charge is 2.22. The maximum absolute atomic E-state index is 14.5. The van der Waals surface area contributed by atoms with Gasteiger partial charge in [0.1, 0.15) is 12.3 Å². The summed E-state index contributed by atoms with van der Waals surface area (Å²) >= 11 is 1.47. The second-order valence-corrected chi connectivity index (χ2v) is 7.79. The van der Waals surface area contributed by atoms with E-state index >= 15 is 0 Å². The minimum Gasteiger partial charge on any atom is -0.493 e. The fourth-order valence-electron chi connectivity index (χ4n) is 3.47. The molecule has 0 saturated carbocycles. The van der Waals surface area contributed by atoms with E-state index in [0.717, 1.165) is 30.7 Å². The van der Waals surface area contributed by atoms with Crippen LogP contribution in [0.15, 0.2) is 41.2 Å². The minimum absolute atomic E-state index is 0.0428. The van der Waals surface area contributed by atoms with E-state index in [9.17, 15) is 13.6 Å². The van der Waals surface area contributed by atoms with Crippen LogP contribution in [-0.2, 0) is 6.61 Å². The van der Waals surface area contributed by atoms with E-state index < -0.39 is 17.5 Å². The van der Waals surface area contributed by atoms with Gasteiger partial charge in [-0.15, -0.1) is 11.3 Å². The molecule has 0 bridgehead atoms. The predicted molar refractivity (Wildman–Crippen MR) is 115 cm³/mol. The molecule has 0 spiro atoms. The van der Waals surface area contributed by atoms with E-state index in [2.05, 4.69) is 10.3 Å². The Bertz CT molecular complexity index is 1050. The SMILES string of the molecule is COc1cc(C(=O)Nc2cc(F)c(N3CCCC3)c(F)c2)ccc1OCc1cscn1. The number of hydrogen-bond acceptors (Lipinski definition) is 6. The summed E-state index contributed by atoms with van der Waals surface area (Å²) in [7, 11) is 1.47. The van der Waals surface area contributed by atoms with Crippen LogP contribution in [0.5, 0.6) is 11.5 Å². The number of carbonyl (C=O) groups is 1. The van der Waals surface area contributed by atoms with Gasteiger partial charge in [0.05, 0.1) is 18.3 Å². The smallest absolute Gasteiger partial charge is 0.255 e. The van der Waals surface area contributed by atoms with Gasteiger partial charge in [0.25, 0.3) is 5.91 Å². The number of benzene rings is 2. The van der Waals surface area contributed by atoms with Crippen LogP contribution in [-0.4, -0.2) is 31.1 Å². The zero-order valence-electron chi connectivity index (χ0n) is 16.9. The summed E-state index contributed by atoms with van der Waals surface area (Å²) < 4.78 is 40.1. The summed E-state index contributed by atoms with van der Waals surface area (Å²) in [5, 5.41) is 4.42. The fourth-order valence-corrected chi connectivity index (χ4v) is 4.02. The van der Waals surface area contributed by atoms with Crippen LogP contribution in [0.3, 0.4) is 0 Å². The maximum Gasteiger partial charge on any atom is 0.255 e. The van der Waals surface area contributed by atoms with Crippen LogP contribution in [0, 0.1) is 11.6 Å². The van der Waals surface area contributed by atoms with Gasteiger partial charge in [0, 0.05) is 29.7 Å². The number of nitrogens with one attached hydrogen (secondary N) is 1. The lowest BCUT2D eigenvalue weighted by Crippen LogP contribution is -2.21. The molecule has 1 aromatic heterocycles. The molecule has 1 aliphatic heterocycles. The van der Waals surface area contributed by atoms with Crippen LogP contribution in [0.2, 0.25) is 0 Å². The third kappa shape index (κ3) is 4.77. The topological polar surface area (TPSA) is 63.7 Å². The van der Waals surface area contributed by atoms with Crippen LogP contribution in [0.1, 0.15) is 28.9 Å². The second-order valence-electron chi connectivity index (χ2n) is 7.07. The van der Waals surface area contributed by atoms with Crippen LogP contribution >= 0.6 is 11.3 Å². The van der Waals surface area contributed by atoms with Crippen molar-refractivity contribution in [2.75, 3.05) is 30.4 Å². The average molecular weight is 445 g/mol. The molecule has 1 saturated heterocycles. The third-order valence-corrected chi connectivity index (χ3v) is 5.62. The average Bonchev–Trinajstić information content (AvgIpc) is 3.46. The largest absolute Gasteiger partial charge is 0.493 e. The Morgan fingerprint density at radius 2 is 1.90 bits per heavy atom. The molecule has 4 rings (SSSR count). The van der Waals surface area contributed by atoms with Crippen molar-refractivity contribution in [1.82, 2.24) is 4.98 Å². The Kier molecular flexibility index (Phi) is 6.31. The number of nitrogens with zero attached hydrogens (tertiary/aromatic N) is 2. The monoisotopic (exact) mass is 445 g/mol. The molecule has 1 fully saturated rings. The number of carbonyl (C=O) groups excluding carboxylic acids is 1. The van der Waals surface area contributed by atoms with Crippen molar-refractivity contribution in [1.29, 1.82) is 0 Å². The summed E-state index contributed by atoms with van der Waals surface area (Å²) in [4.78, 5) is 18.5. The first-order chi connectivity index (χ1) is 15.0. The van der Waals surface area contributed by atoms with Crippen LogP contribution in [0.4, 0.5) is 20.2 Å². The van der Waals surface area contributed by atoms with Gasteiger partial charge in [-0.05, 0) is 43.2 Å². The number of amides is 1. The lowest BCUT2D eigenvalue weighted by molar-refractivity contribution is 0.102. The molecule has 9 heteroatoms. The zero-order valence-corrected chi connectivity index (χ0v) is 17.7. The molecule has 6 nitrogen and oxygen atoms in total. The first-order valence-electron chi connectivity index (χ1n) is 9.78. The number of methoxy groups -OCH3 is 1. The first-order valence-corrected chi connectivity index (χ1v) is 10.7. The third-order valence-electron chi connectivity index (χ3n) is 4.98. The molecule has 1 amide bonds. The highest BCUT2D eigenvalue weighted by Crippen LogP contribution is 2.31. The highest BCUT2D eigenvalue weighted by molar-refractivity contribution is 7.07. The van der Waals surface area contributed by atoms with Crippen molar-refractivity contribution in [2.45, 2.75) is 19.4 Å². The number of rotatable bonds is 7. The number of ether oxygens (including phenoxy) is 2. The molecule has 1 aliphatic rings. The van der Waals surface area contributed by atoms with E-state index in [4.69, 9.17) is 9.47 Å². The summed E-state index contributed by atoms with van der Waals surface area (Å²) in [5.41, 5.74) is 2.77. The van der Waals surface area contributed by atoms with E-state index in [1.807, 2.05) is 5.38 Å². The van der Waals surface area contributed by atoms with Crippen molar-refractivity contribution in [3.8, 4) is 11.5 Å². The van der Waals surface area contributed by atoms with Gasteiger partial charge in [-0.2, -0.15) is 0 Å². The fraction of sp³-hybridized carbons (Fsp3) is 0.273. The minimum atomic E-state index is -0.694. The lowest BCUT2D eigenvalue weighted by Gasteiger charge is -2.20. The summed E-state index contributed by atoms with van der Waals surface area (Å²) in [6.07, 6.45) is 1.81. The Labute approximate surface area is 182 Å². The van der Waals surface area contributed by atoms with Crippen molar-refractivity contribution < 1.29 is 23.0 Å². The number of halogens is 2. The zero-order chi connectivity index (χ0) is 21.8. The molecule has 31 heavy (non-hydrogen) atoms. The van der Waals surface area contributed by atoms with Gasteiger partial charge in [-0.1, -0.05) is 0 Å². The summed E-state index contributed by atoms with van der Waals surface area (Å²) in [6, 6.07) is 6.95. The predicted octanol–water partition coefficient (Wildman–Crippen LogP) is 4.86. The van der Waals surface area contributed by atoms with Gasteiger partial charge in [0.2, 0.25) is 0 Å². The standard InChI is InChI=1S/C22H21F2N3O3S/c1-29-20-8-14(4-5-19(20)30-11-16-12-31-13-25-16)22(28)26-15-9-17(23)21(18(24)10-15)27-6-2-3-7-27/h4-5,8-10,12-13H,2-3,6-7,11H2,1H3,(H,26,28). The van der Waals surface area contributed by atoms with E-state index in [0.29, 0.717) is 24.6 Å². The Hall–Kier alpha value is -3.20. The Balaban J connectivity index is 1.48. The number of aromatic nitrogens is 1. The molecule has 162 valence electrons. The molecule has 2 heterocycles. The van der Waals surface area contributed by atoms with Crippen molar-refractivity contribution in [3.63, 3.8) is 0 Å². The molecule has 2 aromatic carbocycles. The van der Waals surface area contributed by atoms with Gasteiger partial charge in [-0.25, -0.2) is 13.8 Å². The quantitative estimate of drug-likeness (QED) is 0.563. The molecule has 3 aromatic rings. The second kappa shape index (κ2) is 9.30. The van der Waals surface area contributed by atoms with Gasteiger partial charge < -0.3 is 19.7 Å². The molecule has 0 radical (unpaired) electrons. The maximum atomic E-state index is 14.5. The highest BCUT2D eigenvalue weighted by atomic mass is 32.1. The number of hydrogen-bond donors (Lipinski definition) is 1. The van der Waals surface area contributed by atoms with Crippen molar-refractivity contribution >= 4 is 28.6 Å². The van der Waals surface area contributed by atoms with E-state index in [1.165, 1.54) is 24.5 Å². The Morgan fingerprint density at radius 1 is 1.16 bits per heavy atom. The van der Waals surface area contributed by atoms with Crippen LogP contribution in [0.25, 0.3) is 0 Å². The van der Waals surface area contributed by atoms with E-state index in [1.54, 1.807) is 22.5 Å². The molecule has 0 unspecified atom stereocenters. The molecule has 0 aliphatic carbocycles. The number of thiazole rings is 1. The normalized spacial score (nSPS) is 13.3. The lowest BCUT2D eigenvalue weighted by atomic mass is 10.1. The Morgan fingerprint density at radius 3 is 2.55 bits per heavy atom. The molecular weight excluding hydrogens is 424 g/mol.